The van der Waals surface area contributed by atoms with E-state index >= 15 is 0 Å². The number of carbonyl (C=O) groups is 2. The highest BCUT2D eigenvalue weighted by atomic mass is 79.9. The molecule has 0 radical (unpaired) electrons. The number of likely N-dealkylation sites (tertiary alicyclic amines) is 1. The van der Waals surface area contributed by atoms with Crippen molar-refractivity contribution in [3.63, 3.8) is 0 Å². The Morgan fingerprint density at radius 3 is 2.45 bits per heavy atom. The summed E-state index contributed by atoms with van der Waals surface area (Å²) in [6, 6.07) is 13.0. The first kappa shape index (κ1) is 21.4. The van der Waals surface area contributed by atoms with Crippen molar-refractivity contribution in [3.05, 3.63) is 58.1 Å². The Labute approximate surface area is 180 Å². The van der Waals surface area contributed by atoms with Crippen LogP contribution in [0.3, 0.4) is 0 Å². The second kappa shape index (κ2) is 8.99. The summed E-state index contributed by atoms with van der Waals surface area (Å²) in [7, 11) is 0. The van der Waals surface area contributed by atoms with E-state index < -0.39 is 0 Å². The summed E-state index contributed by atoms with van der Waals surface area (Å²) in [4.78, 5) is 27.0. The molecule has 3 rings (SSSR count). The molecule has 0 atom stereocenters. The topological polar surface area (TPSA) is 58.6 Å². The van der Waals surface area contributed by atoms with Crippen molar-refractivity contribution < 1.29 is 14.3 Å². The summed E-state index contributed by atoms with van der Waals surface area (Å²) in [5.74, 6) is 0.257. The molecule has 2 aromatic carbocycles. The third-order valence-electron chi connectivity index (χ3n) is 4.98. The van der Waals surface area contributed by atoms with Crippen molar-refractivity contribution in [1.29, 1.82) is 0 Å². The molecule has 0 unspecified atom stereocenters. The first-order valence-corrected chi connectivity index (χ1v) is 10.7. The molecule has 0 spiro atoms. The first-order valence-electron chi connectivity index (χ1n) is 9.87. The van der Waals surface area contributed by atoms with Crippen LogP contribution in [0.2, 0.25) is 0 Å². The lowest BCUT2D eigenvalue weighted by Crippen LogP contribution is -2.29. The highest BCUT2D eigenvalue weighted by Gasteiger charge is 2.22. The van der Waals surface area contributed by atoms with E-state index in [-0.39, 0.29) is 23.8 Å². The second-order valence-corrected chi connectivity index (χ2v) is 9.13. The molecular weight excluding hydrogens is 432 g/mol. The van der Waals surface area contributed by atoms with E-state index in [0.29, 0.717) is 17.0 Å². The van der Waals surface area contributed by atoms with E-state index in [1.807, 2.05) is 29.2 Å². The number of anilines is 1. The van der Waals surface area contributed by atoms with Gasteiger partial charge in [0.2, 0.25) is 0 Å². The van der Waals surface area contributed by atoms with Crippen LogP contribution in [0.5, 0.6) is 5.75 Å². The molecule has 1 N–H and O–H groups in total. The van der Waals surface area contributed by atoms with Gasteiger partial charge in [-0.25, -0.2) is 0 Å². The van der Waals surface area contributed by atoms with Crippen LogP contribution in [0, 0.1) is 0 Å². The van der Waals surface area contributed by atoms with Crippen molar-refractivity contribution in [2.45, 2.75) is 39.0 Å². The van der Waals surface area contributed by atoms with E-state index in [9.17, 15) is 9.59 Å². The van der Waals surface area contributed by atoms with Gasteiger partial charge in [-0.05, 0) is 64.0 Å². The van der Waals surface area contributed by atoms with E-state index in [1.54, 1.807) is 18.2 Å². The van der Waals surface area contributed by atoms with E-state index in [2.05, 4.69) is 42.0 Å². The van der Waals surface area contributed by atoms with Crippen LogP contribution in [0.1, 0.15) is 49.5 Å². The number of nitrogens with zero attached hydrogens (tertiary/aromatic N) is 1. The summed E-state index contributed by atoms with van der Waals surface area (Å²) >= 11 is 3.52. The third-order valence-corrected chi connectivity index (χ3v) is 5.60. The Balaban J connectivity index is 1.64. The molecule has 0 saturated carbocycles. The van der Waals surface area contributed by atoms with Gasteiger partial charge in [0.1, 0.15) is 5.75 Å². The van der Waals surface area contributed by atoms with E-state index in [0.717, 1.165) is 30.4 Å². The van der Waals surface area contributed by atoms with Crippen LogP contribution in [0.25, 0.3) is 0 Å². The highest BCUT2D eigenvalue weighted by Crippen LogP contribution is 2.31. The monoisotopic (exact) mass is 458 g/mol. The minimum atomic E-state index is -0.307. The molecule has 1 heterocycles. The number of halogens is 1. The number of benzene rings is 2. The number of nitrogens with one attached hydrogen (secondary N) is 1. The van der Waals surface area contributed by atoms with Gasteiger partial charge in [0.15, 0.2) is 6.61 Å². The zero-order valence-electron chi connectivity index (χ0n) is 17.1. The van der Waals surface area contributed by atoms with Gasteiger partial charge in [-0.15, -0.1) is 0 Å². The summed E-state index contributed by atoms with van der Waals surface area (Å²) in [6.45, 7) is 7.82. The Morgan fingerprint density at radius 2 is 1.79 bits per heavy atom. The van der Waals surface area contributed by atoms with E-state index in [4.69, 9.17) is 4.74 Å². The molecule has 1 aliphatic rings. The number of rotatable bonds is 5. The smallest absolute Gasteiger partial charge is 0.262 e. The number of hydrogen-bond donors (Lipinski definition) is 1. The third kappa shape index (κ3) is 5.38. The zero-order valence-corrected chi connectivity index (χ0v) is 18.7. The van der Waals surface area contributed by atoms with Crippen LogP contribution in [0.4, 0.5) is 5.69 Å². The van der Waals surface area contributed by atoms with Gasteiger partial charge in [0, 0.05) is 13.1 Å². The Bertz CT molecular complexity index is 899. The van der Waals surface area contributed by atoms with Crippen molar-refractivity contribution in [2.75, 3.05) is 25.0 Å². The van der Waals surface area contributed by atoms with Crippen molar-refractivity contribution in [1.82, 2.24) is 4.90 Å². The molecule has 0 bridgehead atoms. The fourth-order valence-corrected chi connectivity index (χ4v) is 3.78. The van der Waals surface area contributed by atoms with Gasteiger partial charge in [-0.2, -0.15) is 0 Å². The second-order valence-electron chi connectivity index (χ2n) is 8.28. The number of amides is 2. The van der Waals surface area contributed by atoms with Crippen LogP contribution in [-0.2, 0) is 10.2 Å². The molecule has 2 aromatic rings. The number of carbonyl (C=O) groups excluding carboxylic acids is 2. The van der Waals surface area contributed by atoms with Crippen LogP contribution in [-0.4, -0.2) is 36.4 Å². The largest absolute Gasteiger partial charge is 0.483 e. The minimum Gasteiger partial charge on any atom is -0.483 e. The van der Waals surface area contributed by atoms with Crippen LogP contribution in [0.15, 0.2) is 46.9 Å². The lowest BCUT2D eigenvalue weighted by molar-refractivity contribution is -0.118. The van der Waals surface area contributed by atoms with Gasteiger partial charge < -0.3 is 15.0 Å². The molecular formula is C23H27BrN2O3. The SMILES string of the molecule is CC(C)(C)c1ccc(OCC(=O)Nc2ccccc2C(=O)N2CCCC2)c(Br)c1. The number of para-hydroxylation sites is 1. The molecule has 1 saturated heterocycles. The Kier molecular flexibility index (Phi) is 6.63. The van der Waals surface area contributed by atoms with Gasteiger partial charge >= 0.3 is 0 Å². The lowest BCUT2D eigenvalue weighted by Gasteiger charge is -2.20. The summed E-state index contributed by atoms with van der Waals surface area (Å²) < 4.78 is 6.49. The average molecular weight is 459 g/mol. The summed E-state index contributed by atoms with van der Waals surface area (Å²) in [6.07, 6.45) is 2.05. The molecule has 0 aromatic heterocycles. The van der Waals surface area contributed by atoms with Crippen molar-refractivity contribution in [2.24, 2.45) is 0 Å². The molecule has 1 fully saturated rings. The molecule has 154 valence electrons. The predicted molar refractivity (Wildman–Crippen MR) is 119 cm³/mol. The van der Waals surface area contributed by atoms with Crippen LogP contribution >= 0.6 is 15.9 Å². The fraction of sp³-hybridized carbons (Fsp3) is 0.391. The fourth-order valence-electron chi connectivity index (χ4n) is 3.28. The molecule has 5 nitrogen and oxygen atoms in total. The molecule has 1 aliphatic heterocycles. The van der Waals surface area contributed by atoms with Crippen LogP contribution < -0.4 is 10.1 Å². The summed E-state index contributed by atoms with van der Waals surface area (Å²) in [5.41, 5.74) is 2.23. The van der Waals surface area contributed by atoms with Gasteiger partial charge in [0.25, 0.3) is 11.8 Å². The maximum atomic E-state index is 12.7. The summed E-state index contributed by atoms with van der Waals surface area (Å²) in [5, 5.41) is 2.81. The van der Waals surface area contributed by atoms with E-state index in [1.165, 1.54) is 5.56 Å². The highest BCUT2D eigenvalue weighted by molar-refractivity contribution is 9.10. The molecule has 29 heavy (non-hydrogen) atoms. The molecule has 0 aliphatic carbocycles. The molecule has 6 heteroatoms. The maximum absolute atomic E-state index is 12.7. The quantitative estimate of drug-likeness (QED) is 0.685. The normalized spacial score (nSPS) is 14.0. The van der Waals surface area contributed by atoms with Crippen molar-refractivity contribution >= 4 is 33.4 Å². The minimum absolute atomic E-state index is 0.0318. The predicted octanol–water partition coefficient (Wildman–Crippen LogP) is 5.00. The average Bonchev–Trinajstić information content (AvgIpc) is 3.21. The van der Waals surface area contributed by atoms with Gasteiger partial charge in [-0.1, -0.05) is 39.0 Å². The zero-order chi connectivity index (χ0) is 21.0. The number of hydrogen-bond acceptors (Lipinski definition) is 3. The van der Waals surface area contributed by atoms with Gasteiger partial charge in [-0.3, -0.25) is 9.59 Å². The van der Waals surface area contributed by atoms with Gasteiger partial charge in [0.05, 0.1) is 15.7 Å². The first-order chi connectivity index (χ1) is 13.8. The maximum Gasteiger partial charge on any atom is 0.262 e. The molecule has 2 amide bonds. The lowest BCUT2D eigenvalue weighted by atomic mass is 9.87. The standard InChI is InChI=1S/C23H27BrN2O3/c1-23(2,3)16-10-11-20(18(24)14-16)29-15-21(27)25-19-9-5-4-8-17(19)22(28)26-12-6-7-13-26/h4-5,8-11,14H,6-7,12-13,15H2,1-3H3,(H,25,27). The van der Waals surface area contributed by atoms with Crippen molar-refractivity contribution in [3.8, 4) is 5.75 Å². The number of ether oxygens (including phenoxy) is 1. The Hall–Kier alpha value is -2.34. The Morgan fingerprint density at radius 1 is 1.10 bits per heavy atom.